The predicted octanol–water partition coefficient (Wildman–Crippen LogP) is 1.51. The Morgan fingerprint density at radius 2 is 2.25 bits per heavy atom. The van der Waals surface area contributed by atoms with Crippen LogP contribution in [0.5, 0.6) is 0 Å². The largest absolute Gasteiger partial charge is 0.497 e. The van der Waals surface area contributed by atoms with E-state index in [9.17, 15) is 4.79 Å². The summed E-state index contributed by atoms with van der Waals surface area (Å²) in [6.45, 7) is 2.48. The third-order valence-electron chi connectivity index (χ3n) is 2.23. The van der Waals surface area contributed by atoms with Crippen LogP contribution in [-0.2, 0) is 14.3 Å². The maximum absolute atomic E-state index is 11.4. The van der Waals surface area contributed by atoms with Gasteiger partial charge in [0.1, 0.15) is 5.76 Å². The molecule has 1 amide bonds. The number of hydrogen-bond donors (Lipinski definition) is 1. The Bertz CT molecular complexity index is 353. The third kappa shape index (κ3) is 2.89. The highest BCUT2D eigenvalue weighted by atomic mass is 16.5. The SMILES string of the molecule is CCOC1=C(OC)CC=C(C(=O)NC)C=C1. The highest BCUT2D eigenvalue weighted by Crippen LogP contribution is 2.19. The van der Waals surface area contributed by atoms with Crippen molar-refractivity contribution in [2.45, 2.75) is 13.3 Å². The molecule has 1 N–H and O–H groups in total. The minimum atomic E-state index is -0.107. The van der Waals surface area contributed by atoms with Gasteiger partial charge in [-0.1, -0.05) is 6.08 Å². The predicted molar refractivity (Wildman–Crippen MR) is 61.6 cm³/mol. The van der Waals surface area contributed by atoms with Gasteiger partial charge < -0.3 is 14.8 Å². The van der Waals surface area contributed by atoms with Crippen LogP contribution in [0, 0.1) is 0 Å². The molecule has 0 saturated carbocycles. The number of likely N-dealkylation sites (N-methyl/N-ethyl adjacent to an activating group) is 1. The van der Waals surface area contributed by atoms with Gasteiger partial charge in [-0.3, -0.25) is 4.79 Å². The van der Waals surface area contributed by atoms with Gasteiger partial charge in [0.15, 0.2) is 5.76 Å². The number of methoxy groups -OCH3 is 1. The summed E-state index contributed by atoms with van der Waals surface area (Å²) in [5.41, 5.74) is 0.617. The Balaban J connectivity index is 2.89. The zero-order chi connectivity index (χ0) is 12.0. The topological polar surface area (TPSA) is 47.6 Å². The molecule has 0 atom stereocenters. The van der Waals surface area contributed by atoms with Gasteiger partial charge in [-0.25, -0.2) is 0 Å². The van der Waals surface area contributed by atoms with Crippen molar-refractivity contribution in [1.82, 2.24) is 5.32 Å². The van der Waals surface area contributed by atoms with Crippen molar-refractivity contribution in [2.24, 2.45) is 0 Å². The lowest BCUT2D eigenvalue weighted by Crippen LogP contribution is -2.18. The van der Waals surface area contributed by atoms with E-state index >= 15 is 0 Å². The van der Waals surface area contributed by atoms with Crippen LogP contribution in [0.25, 0.3) is 0 Å². The fourth-order valence-corrected chi connectivity index (χ4v) is 1.41. The number of allylic oxidation sites excluding steroid dienone is 2. The zero-order valence-corrected chi connectivity index (χ0v) is 9.87. The molecule has 0 unspecified atom stereocenters. The van der Waals surface area contributed by atoms with Gasteiger partial charge >= 0.3 is 0 Å². The van der Waals surface area contributed by atoms with Crippen LogP contribution >= 0.6 is 0 Å². The van der Waals surface area contributed by atoms with E-state index in [2.05, 4.69) is 5.32 Å². The summed E-state index contributed by atoms with van der Waals surface area (Å²) < 4.78 is 10.7. The molecule has 0 radical (unpaired) electrons. The van der Waals surface area contributed by atoms with Crippen LogP contribution in [0.15, 0.2) is 35.3 Å². The van der Waals surface area contributed by atoms with Crippen molar-refractivity contribution in [3.63, 3.8) is 0 Å². The smallest absolute Gasteiger partial charge is 0.250 e. The van der Waals surface area contributed by atoms with E-state index in [0.717, 1.165) is 5.76 Å². The number of ether oxygens (including phenoxy) is 2. The van der Waals surface area contributed by atoms with Gasteiger partial charge in [-0.2, -0.15) is 0 Å². The second-order valence-corrected chi connectivity index (χ2v) is 3.20. The average molecular weight is 223 g/mol. The fourth-order valence-electron chi connectivity index (χ4n) is 1.41. The molecule has 4 heteroatoms. The lowest BCUT2D eigenvalue weighted by atomic mass is 10.2. The maximum Gasteiger partial charge on any atom is 0.250 e. The van der Waals surface area contributed by atoms with Crippen LogP contribution < -0.4 is 5.32 Å². The summed E-state index contributed by atoms with van der Waals surface area (Å²) in [5.74, 6) is 1.31. The summed E-state index contributed by atoms with van der Waals surface area (Å²) in [6.07, 6.45) is 5.87. The van der Waals surface area contributed by atoms with Crippen molar-refractivity contribution in [2.75, 3.05) is 20.8 Å². The molecule has 0 aliphatic heterocycles. The van der Waals surface area contributed by atoms with Crippen molar-refractivity contribution >= 4 is 5.91 Å². The van der Waals surface area contributed by atoms with Gasteiger partial charge in [-0.15, -0.1) is 0 Å². The van der Waals surface area contributed by atoms with Gasteiger partial charge in [0.05, 0.1) is 13.7 Å². The van der Waals surface area contributed by atoms with Gasteiger partial charge in [0.2, 0.25) is 0 Å². The molecule has 88 valence electrons. The molecule has 16 heavy (non-hydrogen) atoms. The molecule has 0 heterocycles. The third-order valence-corrected chi connectivity index (χ3v) is 2.23. The van der Waals surface area contributed by atoms with E-state index in [0.29, 0.717) is 24.4 Å². The second kappa shape index (κ2) is 6.00. The highest BCUT2D eigenvalue weighted by Gasteiger charge is 2.12. The molecule has 0 aromatic heterocycles. The molecule has 0 aromatic rings. The molecule has 1 aliphatic rings. The van der Waals surface area contributed by atoms with Crippen LogP contribution in [-0.4, -0.2) is 26.7 Å². The maximum atomic E-state index is 11.4. The minimum absolute atomic E-state index is 0.107. The first-order valence-corrected chi connectivity index (χ1v) is 5.23. The minimum Gasteiger partial charge on any atom is -0.497 e. The molecule has 1 aliphatic carbocycles. The molecular formula is C12H17NO3. The monoisotopic (exact) mass is 223 g/mol. The summed E-state index contributed by atoms with van der Waals surface area (Å²) >= 11 is 0. The summed E-state index contributed by atoms with van der Waals surface area (Å²) in [4.78, 5) is 11.4. The van der Waals surface area contributed by atoms with E-state index in [4.69, 9.17) is 9.47 Å². The number of carbonyl (C=O) groups excluding carboxylic acids is 1. The molecule has 4 nitrogen and oxygen atoms in total. The number of nitrogens with one attached hydrogen (secondary N) is 1. The Hall–Kier alpha value is -1.71. The number of hydrogen-bond acceptors (Lipinski definition) is 3. The van der Waals surface area contributed by atoms with Crippen molar-refractivity contribution in [3.8, 4) is 0 Å². The molecule has 0 saturated heterocycles. The Morgan fingerprint density at radius 3 is 2.81 bits per heavy atom. The number of amides is 1. The van der Waals surface area contributed by atoms with Gasteiger partial charge in [0.25, 0.3) is 5.91 Å². The summed E-state index contributed by atoms with van der Waals surface area (Å²) in [5, 5.41) is 2.58. The van der Waals surface area contributed by atoms with E-state index in [-0.39, 0.29) is 5.91 Å². The summed E-state index contributed by atoms with van der Waals surface area (Å²) in [7, 11) is 3.21. The van der Waals surface area contributed by atoms with Crippen molar-refractivity contribution in [3.05, 3.63) is 35.3 Å². The van der Waals surface area contributed by atoms with Gasteiger partial charge in [-0.05, 0) is 19.1 Å². The number of carbonyl (C=O) groups is 1. The lowest BCUT2D eigenvalue weighted by Gasteiger charge is -2.08. The Morgan fingerprint density at radius 1 is 1.50 bits per heavy atom. The van der Waals surface area contributed by atoms with E-state index < -0.39 is 0 Å². The van der Waals surface area contributed by atoms with Crippen LogP contribution in [0.2, 0.25) is 0 Å². The highest BCUT2D eigenvalue weighted by molar-refractivity contribution is 5.96. The van der Waals surface area contributed by atoms with E-state index in [1.54, 1.807) is 26.3 Å². The van der Waals surface area contributed by atoms with Crippen molar-refractivity contribution in [1.29, 1.82) is 0 Å². The zero-order valence-electron chi connectivity index (χ0n) is 9.87. The number of rotatable bonds is 4. The second-order valence-electron chi connectivity index (χ2n) is 3.20. The molecular weight excluding hydrogens is 206 g/mol. The first-order chi connectivity index (χ1) is 7.72. The van der Waals surface area contributed by atoms with Gasteiger partial charge in [0, 0.05) is 19.0 Å². The molecule has 0 bridgehead atoms. The Labute approximate surface area is 95.6 Å². The van der Waals surface area contributed by atoms with Crippen LogP contribution in [0.3, 0.4) is 0 Å². The normalized spacial score (nSPS) is 15.3. The van der Waals surface area contributed by atoms with E-state index in [1.807, 2.05) is 13.0 Å². The molecule has 0 spiro atoms. The first kappa shape index (κ1) is 12.4. The fraction of sp³-hybridized carbons (Fsp3) is 0.417. The van der Waals surface area contributed by atoms with E-state index in [1.165, 1.54) is 0 Å². The summed E-state index contributed by atoms with van der Waals surface area (Å²) in [6, 6.07) is 0. The quantitative estimate of drug-likeness (QED) is 0.786. The first-order valence-electron chi connectivity index (χ1n) is 5.23. The van der Waals surface area contributed by atoms with Crippen LogP contribution in [0.1, 0.15) is 13.3 Å². The average Bonchev–Trinajstić information content (AvgIpc) is 2.51. The Kier molecular flexibility index (Phi) is 4.64. The molecule has 0 fully saturated rings. The molecule has 0 aromatic carbocycles. The van der Waals surface area contributed by atoms with Crippen LogP contribution in [0.4, 0.5) is 0 Å². The lowest BCUT2D eigenvalue weighted by molar-refractivity contribution is -0.116. The molecule has 1 rings (SSSR count). The standard InChI is InChI=1S/C12H17NO3/c1-4-16-11-8-6-9(12(14)13-2)5-7-10(11)15-3/h5-6,8H,4,7H2,1-3H3,(H,13,14). The van der Waals surface area contributed by atoms with Crippen molar-refractivity contribution < 1.29 is 14.3 Å².